The number of para-hydroxylation sites is 2. The lowest BCUT2D eigenvalue weighted by Gasteiger charge is -2.36. The van der Waals surface area contributed by atoms with E-state index in [9.17, 15) is 13.2 Å². The number of hydrogen-bond donors (Lipinski definition) is 2. The van der Waals surface area contributed by atoms with Crippen molar-refractivity contribution in [2.45, 2.75) is 6.18 Å². The number of imidazole rings is 2. The average Bonchev–Trinajstić information content (AvgIpc) is 3.55. The fourth-order valence-corrected chi connectivity index (χ4v) is 4.67. The first kappa shape index (κ1) is 23.3. The molecule has 2 N–H and O–H groups in total. The number of benzene rings is 2. The molecular weight excluding hydrogens is 483 g/mol. The van der Waals surface area contributed by atoms with Crippen LogP contribution in [0.4, 0.5) is 18.9 Å². The van der Waals surface area contributed by atoms with Gasteiger partial charge < -0.3 is 19.6 Å². The molecule has 190 valence electrons. The van der Waals surface area contributed by atoms with E-state index in [-0.39, 0.29) is 5.52 Å². The van der Waals surface area contributed by atoms with E-state index < -0.39 is 12.0 Å². The van der Waals surface area contributed by atoms with Gasteiger partial charge in [-0.05, 0) is 36.4 Å². The monoisotopic (exact) mass is 507 g/mol. The minimum absolute atomic E-state index is 0.192. The standard InChI is InChI=1S/C26H24F3N7O/c27-26(28,29)25-32-19-4-2-6-21(23(19)34-25)37-16-15-35-11-13-36(14-12-35)20-5-1-3-18-22(20)33-24(31-18)17-7-9-30-10-8-17/h1-10H,11-16H2,(H,31,33)(H,32,34). The van der Waals surface area contributed by atoms with Crippen LogP contribution in [0.5, 0.6) is 5.75 Å². The van der Waals surface area contributed by atoms with Crippen molar-refractivity contribution in [2.24, 2.45) is 0 Å². The molecule has 2 aromatic carbocycles. The smallest absolute Gasteiger partial charge is 0.449 e. The van der Waals surface area contributed by atoms with Gasteiger partial charge in [-0.3, -0.25) is 9.88 Å². The van der Waals surface area contributed by atoms with Crippen molar-refractivity contribution in [3.8, 4) is 17.1 Å². The zero-order chi connectivity index (χ0) is 25.4. The van der Waals surface area contributed by atoms with Gasteiger partial charge in [0.2, 0.25) is 5.82 Å². The third-order valence-corrected chi connectivity index (χ3v) is 6.57. The van der Waals surface area contributed by atoms with Crippen LogP contribution in [0.1, 0.15) is 5.82 Å². The Bertz CT molecular complexity index is 1520. The molecule has 0 radical (unpaired) electrons. The number of anilines is 1. The van der Waals surface area contributed by atoms with Gasteiger partial charge in [0.1, 0.15) is 29.2 Å². The van der Waals surface area contributed by atoms with Crippen LogP contribution < -0.4 is 9.64 Å². The lowest BCUT2D eigenvalue weighted by Crippen LogP contribution is -2.47. The molecule has 0 spiro atoms. The van der Waals surface area contributed by atoms with Crippen LogP contribution in [0.3, 0.4) is 0 Å². The quantitative estimate of drug-likeness (QED) is 0.346. The normalized spacial score (nSPS) is 15.1. The van der Waals surface area contributed by atoms with Gasteiger partial charge in [-0.25, -0.2) is 9.97 Å². The van der Waals surface area contributed by atoms with E-state index >= 15 is 0 Å². The van der Waals surface area contributed by atoms with Gasteiger partial charge in [0.05, 0.1) is 16.7 Å². The zero-order valence-electron chi connectivity index (χ0n) is 19.8. The highest BCUT2D eigenvalue weighted by atomic mass is 19.4. The van der Waals surface area contributed by atoms with Crippen molar-refractivity contribution < 1.29 is 17.9 Å². The van der Waals surface area contributed by atoms with Gasteiger partial charge in [0.25, 0.3) is 0 Å². The van der Waals surface area contributed by atoms with Crippen molar-refractivity contribution in [1.29, 1.82) is 0 Å². The highest BCUT2D eigenvalue weighted by Gasteiger charge is 2.35. The number of fused-ring (bicyclic) bond motifs is 2. The van der Waals surface area contributed by atoms with Gasteiger partial charge >= 0.3 is 6.18 Å². The summed E-state index contributed by atoms with van der Waals surface area (Å²) in [6.45, 7) is 4.37. The van der Waals surface area contributed by atoms with Crippen molar-refractivity contribution in [1.82, 2.24) is 29.8 Å². The lowest BCUT2D eigenvalue weighted by atomic mass is 10.2. The summed E-state index contributed by atoms with van der Waals surface area (Å²) in [6, 6.07) is 14.9. The van der Waals surface area contributed by atoms with Crippen LogP contribution in [0.25, 0.3) is 33.5 Å². The summed E-state index contributed by atoms with van der Waals surface area (Å²) in [7, 11) is 0. The minimum Gasteiger partial charge on any atom is -0.490 e. The summed E-state index contributed by atoms with van der Waals surface area (Å²) in [5, 5.41) is 0. The third-order valence-electron chi connectivity index (χ3n) is 6.57. The number of nitrogens with one attached hydrogen (secondary N) is 2. The maximum Gasteiger partial charge on any atom is 0.449 e. The number of H-pyrrole nitrogens is 2. The van der Waals surface area contributed by atoms with E-state index in [0.29, 0.717) is 24.4 Å². The zero-order valence-corrected chi connectivity index (χ0v) is 19.8. The maximum atomic E-state index is 13.0. The fraction of sp³-hybridized carbons (Fsp3) is 0.269. The van der Waals surface area contributed by atoms with Gasteiger partial charge in [0.15, 0.2) is 0 Å². The Balaban J connectivity index is 1.08. The molecule has 4 heterocycles. The molecule has 0 saturated carbocycles. The molecule has 0 atom stereocenters. The first-order chi connectivity index (χ1) is 18.0. The third kappa shape index (κ3) is 4.69. The average molecular weight is 508 g/mol. The topological polar surface area (TPSA) is 86.0 Å². The Hall–Kier alpha value is -4.12. The Kier molecular flexibility index (Phi) is 5.91. The van der Waals surface area contributed by atoms with Gasteiger partial charge in [-0.1, -0.05) is 12.1 Å². The number of aromatic amines is 2. The summed E-state index contributed by atoms with van der Waals surface area (Å²) in [5.41, 5.74) is 4.51. The molecule has 5 aromatic rings. The Morgan fingerprint density at radius 1 is 0.838 bits per heavy atom. The molecule has 1 fully saturated rings. The molecule has 37 heavy (non-hydrogen) atoms. The van der Waals surface area contributed by atoms with Gasteiger partial charge in [0, 0.05) is 50.7 Å². The highest BCUT2D eigenvalue weighted by Crippen LogP contribution is 2.32. The van der Waals surface area contributed by atoms with E-state index in [1.807, 2.05) is 24.3 Å². The molecule has 8 nitrogen and oxygen atoms in total. The molecule has 11 heteroatoms. The first-order valence-electron chi connectivity index (χ1n) is 12.0. The second-order valence-electron chi connectivity index (χ2n) is 8.91. The first-order valence-corrected chi connectivity index (χ1v) is 12.0. The van der Waals surface area contributed by atoms with E-state index in [1.54, 1.807) is 30.6 Å². The molecule has 3 aromatic heterocycles. The van der Waals surface area contributed by atoms with E-state index in [0.717, 1.165) is 54.3 Å². The highest BCUT2D eigenvalue weighted by molar-refractivity contribution is 5.91. The van der Waals surface area contributed by atoms with E-state index in [1.165, 1.54) is 0 Å². The molecule has 0 unspecified atom stereocenters. The van der Waals surface area contributed by atoms with E-state index in [4.69, 9.17) is 9.72 Å². The predicted octanol–water partition coefficient (Wildman–Crippen LogP) is 4.72. The molecule has 0 aliphatic carbocycles. The van der Waals surface area contributed by atoms with E-state index in [2.05, 4.69) is 35.8 Å². The summed E-state index contributed by atoms with van der Waals surface area (Å²) >= 11 is 0. The van der Waals surface area contributed by atoms with Crippen LogP contribution >= 0.6 is 0 Å². The fourth-order valence-electron chi connectivity index (χ4n) is 4.67. The van der Waals surface area contributed by atoms with Crippen molar-refractivity contribution >= 4 is 27.8 Å². The molecule has 1 aliphatic rings. The number of alkyl halides is 3. The molecule has 1 saturated heterocycles. The Morgan fingerprint density at radius 3 is 2.32 bits per heavy atom. The molecule has 0 amide bonds. The summed E-state index contributed by atoms with van der Waals surface area (Å²) in [4.78, 5) is 23.0. The van der Waals surface area contributed by atoms with Crippen LogP contribution in [0.15, 0.2) is 60.9 Å². The van der Waals surface area contributed by atoms with Crippen molar-refractivity contribution in [3.05, 3.63) is 66.7 Å². The number of nitrogens with zero attached hydrogens (tertiary/aromatic N) is 5. The molecule has 6 rings (SSSR count). The second kappa shape index (κ2) is 9.40. The summed E-state index contributed by atoms with van der Waals surface area (Å²) in [5.74, 6) is 0.141. The second-order valence-corrected chi connectivity index (χ2v) is 8.91. The number of ether oxygens (including phenoxy) is 1. The maximum absolute atomic E-state index is 13.0. The number of halogens is 3. The molecule has 1 aliphatic heterocycles. The predicted molar refractivity (Wildman–Crippen MR) is 135 cm³/mol. The Labute approximate surface area is 210 Å². The van der Waals surface area contributed by atoms with Crippen molar-refractivity contribution in [2.75, 3.05) is 44.2 Å². The summed E-state index contributed by atoms with van der Waals surface area (Å²) < 4.78 is 44.9. The number of pyridine rings is 1. The van der Waals surface area contributed by atoms with Crippen LogP contribution in [-0.2, 0) is 6.18 Å². The minimum atomic E-state index is -4.53. The number of rotatable bonds is 6. The molecular formula is C26H24F3N7O. The van der Waals surface area contributed by atoms with Crippen molar-refractivity contribution in [3.63, 3.8) is 0 Å². The SMILES string of the molecule is FC(F)(F)c1nc2c(OCCN3CCN(c4cccc5[nH]c(-c6ccncc6)nc45)CC3)cccc2[nH]1. The van der Waals surface area contributed by atoms with Gasteiger partial charge in [-0.2, -0.15) is 13.2 Å². The van der Waals surface area contributed by atoms with Crippen LogP contribution in [0.2, 0.25) is 0 Å². The summed E-state index contributed by atoms with van der Waals surface area (Å²) in [6.07, 6.45) is -1.03. The van der Waals surface area contributed by atoms with Crippen LogP contribution in [0, 0.1) is 0 Å². The number of aromatic nitrogens is 5. The van der Waals surface area contributed by atoms with Crippen LogP contribution in [-0.4, -0.2) is 69.2 Å². The number of piperazine rings is 1. The largest absolute Gasteiger partial charge is 0.490 e. The van der Waals surface area contributed by atoms with Gasteiger partial charge in [-0.15, -0.1) is 0 Å². The number of hydrogen-bond acceptors (Lipinski definition) is 6. The molecule has 0 bridgehead atoms. The lowest BCUT2D eigenvalue weighted by molar-refractivity contribution is -0.144. The Morgan fingerprint density at radius 2 is 1.57 bits per heavy atom.